The quantitative estimate of drug-likeness (QED) is 0.520. The van der Waals surface area contributed by atoms with Gasteiger partial charge in [-0.25, -0.2) is 0 Å². The Labute approximate surface area is 87.5 Å². The van der Waals surface area contributed by atoms with Crippen molar-refractivity contribution in [3.05, 3.63) is 23.2 Å². The van der Waals surface area contributed by atoms with Crippen molar-refractivity contribution < 1.29 is 19.1 Å². The van der Waals surface area contributed by atoms with Crippen molar-refractivity contribution in [1.29, 1.82) is 0 Å². The van der Waals surface area contributed by atoms with E-state index in [1.807, 2.05) is 6.92 Å². The van der Waals surface area contributed by atoms with Gasteiger partial charge in [-0.1, -0.05) is 13.3 Å². The second kappa shape index (κ2) is 3.88. The second-order valence-electron chi connectivity index (χ2n) is 3.52. The molecule has 0 atom stereocenters. The molecule has 0 radical (unpaired) electrons. The van der Waals surface area contributed by atoms with Crippen LogP contribution in [0.5, 0.6) is 0 Å². The fourth-order valence-corrected chi connectivity index (χ4v) is 1.65. The summed E-state index contributed by atoms with van der Waals surface area (Å²) in [5.74, 6) is -0.0863. The van der Waals surface area contributed by atoms with Gasteiger partial charge in [0, 0.05) is 11.6 Å². The lowest BCUT2D eigenvalue weighted by molar-refractivity contribution is -0.132. The maximum Gasteiger partial charge on any atom is 0.232 e. The Morgan fingerprint density at radius 1 is 1.33 bits per heavy atom. The minimum Gasteiger partial charge on any atom is -0.453 e. The highest BCUT2D eigenvalue weighted by molar-refractivity contribution is 6.48. The van der Waals surface area contributed by atoms with Crippen LogP contribution >= 0.6 is 0 Å². The van der Waals surface area contributed by atoms with E-state index in [4.69, 9.17) is 9.47 Å². The number of hydrogen-bond donors (Lipinski definition) is 0. The molecule has 1 aliphatic heterocycles. The number of Topliss-reactive ketones (excluding diaryl/α,β-unsaturated/α-hetero) is 1. The van der Waals surface area contributed by atoms with Gasteiger partial charge in [-0.2, -0.15) is 0 Å². The molecule has 80 valence electrons. The maximum absolute atomic E-state index is 11.6. The SMILES string of the molecule is CCCCC1=C2OCOC2=CC(=O)C1=O. The zero-order valence-electron chi connectivity index (χ0n) is 8.54. The smallest absolute Gasteiger partial charge is 0.232 e. The average Bonchev–Trinajstić information content (AvgIpc) is 2.66. The first-order chi connectivity index (χ1) is 7.24. The molecule has 4 nitrogen and oxygen atoms in total. The lowest BCUT2D eigenvalue weighted by Gasteiger charge is -2.11. The molecule has 0 saturated carbocycles. The first kappa shape index (κ1) is 9.96. The van der Waals surface area contributed by atoms with E-state index in [1.54, 1.807) is 0 Å². The van der Waals surface area contributed by atoms with E-state index >= 15 is 0 Å². The molecule has 1 heterocycles. The van der Waals surface area contributed by atoms with Crippen LogP contribution in [0, 0.1) is 0 Å². The molecule has 2 aliphatic rings. The summed E-state index contributed by atoms with van der Waals surface area (Å²) >= 11 is 0. The minimum absolute atomic E-state index is 0.0946. The van der Waals surface area contributed by atoms with Crippen LogP contribution in [0.1, 0.15) is 26.2 Å². The molecule has 0 unspecified atom stereocenters. The standard InChI is InChI=1S/C11H12O4/c1-2-3-4-7-10(13)8(12)5-9-11(7)15-6-14-9/h5H,2-4,6H2,1H3. The molecule has 15 heavy (non-hydrogen) atoms. The Hall–Kier alpha value is -1.58. The Morgan fingerprint density at radius 3 is 2.87 bits per heavy atom. The third kappa shape index (κ3) is 1.67. The van der Waals surface area contributed by atoms with Crippen molar-refractivity contribution in [3.63, 3.8) is 0 Å². The van der Waals surface area contributed by atoms with E-state index in [0.717, 1.165) is 12.8 Å². The van der Waals surface area contributed by atoms with Gasteiger partial charge >= 0.3 is 0 Å². The highest BCUT2D eigenvalue weighted by Crippen LogP contribution is 2.30. The van der Waals surface area contributed by atoms with E-state index in [1.165, 1.54) is 6.08 Å². The summed E-state index contributed by atoms with van der Waals surface area (Å²) in [6.45, 7) is 2.13. The third-order valence-corrected chi connectivity index (χ3v) is 2.46. The van der Waals surface area contributed by atoms with Crippen LogP contribution in [0.15, 0.2) is 23.2 Å². The predicted octanol–water partition coefficient (Wildman–Crippen LogP) is 1.47. The van der Waals surface area contributed by atoms with Gasteiger partial charge in [0.25, 0.3) is 0 Å². The van der Waals surface area contributed by atoms with Crippen molar-refractivity contribution in [2.45, 2.75) is 26.2 Å². The van der Waals surface area contributed by atoms with Crippen LogP contribution in [-0.4, -0.2) is 18.4 Å². The monoisotopic (exact) mass is 208 g/mol. The molecular weight excluding hydrogens is 196 g/mol. The number of carbonyl (C=O) groups excluding carboxylic acids is 2. The molecule has 0 N–H and O–H groups in total. The highest BCUT2D eigenvalue weighted by atomic mass is 16.7. The summed E-state index contributed by atoms with van der Waals surface area (Å²) in [6.07, 6.45) is 3.63. The third-order valence-electron chi connectivity index (χ3n) is 2.46. The fraction of sp³-hybridized carbons (Fsp3) is 0.455. The Morgan fingerprint density at radius 2 is 2.13 bits per heavy atom. The Balaban J connectivity index is 2.32. The molecule has 0 bridgehead atoms. The molecule has 1 saturated heterocycles. The predicted molar refractivity (Wildman–Crippen MR) is 51.7 cm³/mol. The fourth-order valence-electron chi connectivity index (χ4n) is 1.65. The van der Waals surface area contributed by atoms with Gasteiger partial charge in [0.1, 0.15) is 0 Å². The maximum atomic E-state index is 11.6. The van der Waals surface area contributed by atoms with E-state index in [-0.39, 0.29) is 6.79 Å². The van der Waals surface area contributed by atoms with E-state index in [2.05, 4.69) is 0 Å². The van der Waals surface area contributed by atoms with Crippen molar-refractivity contribution in [2.24, 2.45) is 0 Å². The number of hydrogen-bond acceptors (Lipinski definition) is 4. The van der Waals surface area contributed by atoms with Crippen molar-refractivity contribution >= 4 is 11.6 Å². The number of allylic oxidation sites excluding steroid dienone is 2. The van der Waals surface area contributed by atoms with Crippen molar-refractivity contribution in [2.75, 3.05) is 6.79 Å². The minimum atomic E-state index is -0.509. The second-order valence-corrected chi connectivity index (χ2v) is 3.52. The molecule has 2 rings (SSSR count). The molecule has 0 aromatic heterocycles. The largest absolute Gasteiger partial charge is 0.453 e. The zero-order chi connectivity index (χ0) is 10.8. The summed E-state index contributed by atoms with van der Waals surface area (Å²) < 4.78 is 10.3. The summed E-state index contributed by atoms with van der Waals surface area (Å²) in [5.41, 5.74) is 0.469. The number of rotatable bonds is 3. The topological polar surface area (TPSA) is 52.6 Å². The first-order valence-electron chi connectivity index (χ1n) is 5.03. The first-order valence-corrected chi connectivity index (χ1v) is 5.03. The number of ketones is 2. The number of carbonyl (C=O) groups is 2. The van der Waals surface area contributed by atoms with Crippen LogP contribution in [0.3, 0.4) is 0 Å². The van der Waals surface area contributed by atoms with Crippen LogP contribution < -0.4 is 0 Å². The van der Waals surface area contributed by atoms with Crippen molar-refractivity contribution in [3.8, 4) is 0 Å². The van der Waals surface area contributed by atoms with Gasteiger partial charge in [-0.15, -0.1) is 0 Å². The zero-order valence-corrected chi connectivity index (χ0v) is 8.54. The Bertz CT molecular complexity index is 376. The highest BCUT2D eigenvalue weighted by Gasteiger charge is 2.33. The molecular formula is C11H12O4. The van der Waals surface area contributed by atoms with Gasteiger partial charge in [-0.3, -0.25) is 9.59 Å². The molecule has 0 amide bonds. The van der Waals surface area contributed by atoms with Crippen molar-refractivity contribution in [1.82, 2.24) is 0 Å². The number of fused-ring (bicyclic) bond motifs is 1. The lowest BCUT2D eigenvalue weighted by atomic mass is 9.95. The number of ether oxygens (including phenoxy) is 2. The average molecular weight is 208 g/mol. The normalized spacial score (nSPS) is 19.7. The summed E-state index contributed by atoms with van der Waals surface area (Å²) in [7, 11) is 0. The van der Waals surface area contributed by atoms with E-state index < -0.39 is 11.6 Å². The van der Waals surface area contributed by atoms with Gasteiger partial charge < -0.3 is 9.47 Å². The van der Waals surface area contributed by atoms with E-state index in [9.17, 15) is 9.59 Å². The molecule has 4 heteroatoms. The van der Waals surface area contributed by atoms with Gasteiger partial charge in [-0.05, 0) is 12.8 Å². The molecule has 0 spiro atoms. The summed E-state index contributed by atoms with van der Waals surface area (Å²) in [6, 6.07) is 0. The van der Waals surface area contributed by atoms with Crippen LogP contribution in [0.25, 0.3) is 0 Å². The molecule has 0 aromatic rings. The van der Waals surface area contributed by atoms with E-state index in [0.29, 0.717) is 23.5 Å². The van der Waals surface area contributed by atoms with Crippen LogP contribution in [0.2, 0.25) is 0 Å². The van der Waals surface area contributed by atoms with Gasteiger partial charge in [0.2, 0.25) is 18.4 Å². The summed E-state index contributed by atoms with van der Waals surface area (Å²) in [4.78, 5) is 22.9. The van der Waals surface area contributed by atoms with Crippen LogP contribution in [-0.2, 0) is 19.1 Å². The molecule has 1 aliphatic carbocycles. The van der Waals surface area contributed by atoms with Gasteiger partial charge in [0.05, 0.1) is 0 Å². The summed E-state index contributed by atoms with van der Waals surface area (Å²) in [5, 5.41) is 0. The molecule has 1 fully saturated rings. The number of unbranched alkanes of at least 4 members (excludes halogenated alkanes) is 1. The van der Waals surface area contributed by atoms with Gasteiger partial charge in [0.15, 0.2) is 11.5 Å². The molecule has 0 aromatic carbocycles. The van der Waals surface area contributed by atoms with Crippen LogP contribution in [0.4, 0.5) is 0 Å². The Kier molecular flexibility index (Phi) is 2.58. The lowest BCUT2D eigenvalue weighted by Crippen LogP contribution is -2.20.